The number of amides is 1. The van der Waals surface area contributed by atoms with Crippen LogP contribution in [0.1, 0.15) is 220 Å². The van der Waals surface area contributed by atoms with Crippen molar-refractivity contribution in [1.29, 1.82) is 0 Å². The third-order valence-corrected chi connectivity index (χ3v) is 11.4. The van der Waals surface area contributed by atoms with Crippen molar-refractivity contribution in [2.24, 2.45) is 0 Å². The van der Waals surface area contributed by atoms with E-state index in [0.29, 0.717) is 19.3 Å². The van der Waals surface area contributed by atoms with Crippen LogP contribution in [-0.2, 0) is 14.3 Å². The number of unbranched alkanes of at least 4 members (excludes halogenated alkanes) is 19. The maximum absolute atomic E-state index is 13.2. The Hall–Kier alpha value is -3.74. The molecule has 1 amide bonds. The molecule has 374 valence electrons. The number of aliphatic hydroxyl groups excluding tert-OH is 2. The van der Waals surface area contributed by atoms with E-state index in [1.807, 2.05) is 6.08 Å². The van der Waals surface area contributed by atoms with Crippen molar-refractivity contribution in [2.75, 3.05) is 6.61 Å². The van der Waals surface area contributed by atoms with Gasteiger partial charge >= 0.3 is 5.97 Å². The summed E-state index contributed by atoms with van der Waals surface area (Å²) in [5, 5.41) is 23.7. The number of hydrogen-bond donors (Lipinski definition) is 3. The van der Waals surface area contributed by atoms with E-state index in [2.05, 4.69) is 135 Å². The second-order valence-corrected chi connectivity index (χ2v) is 17.6. The second-order valence-electron chi connectivity index (χ2n) is 17.6. The van der Waals surface area contributed by atoms with Crippen LogP contribution in [0.4, 0.5) is 0 Å². The Balaban J connectivity index is 4.84. The van der Waals surface area contributed by atoms with E-state index in [0.717, 1.165) is 96.3 Å². The molecule has 0 aromatic rings. The van der Waals surface area contributed by atoms with Gasteiger partial charge in [-0.2, -0.15) is 0 Å². The van der Waals surface area contributed by atoms with Crippen LogP contribution in [0.2, 0.25) is 0 Å². The first-order chi connectivity index (χ1) is 32.5. The molecular formula is C60H99NO5. The van der Waals surface area contributed by atoms with Crippen molar-refractivity contribution in [2.45, 2.75) is 238 Å². The highest BCUT2D eigenvalue weighted by molar-refractivity contribution is 5.78. The predicted octanol–water partition coefficient (Wildman–Crippen LogP) is 16.5. The molecule has 3 atom stereocenters. The van der Waals surface area contributed by atoms with E-state index in [9.17, 15) is 19.8 Å². The summed E-state index contributed by atoms with van der Waals surface area (Å²) in [5.74, 6) is -0.666. The minimum Gasteiger partial charge on any atom is -0.458 e. The Kier molecular flexibility index (Phi) is 49.3. The van der Waals surface area contributed by atoms with E-state index in [1.54, 1.807) is 6.08 Å². The molecule has 0 aliphatic rings. The smallest absolute Gasteiger partial charge is 0.306 e. The molecule has 0 aromatic carbocycles. The minimum atomic E-state index is -0.832. The molecule has 0 bridgehead atoms. The molecular weight excluding hydrogens is 815 g/mol. The molecule has 0 radical (unpaired) electrons. The summed E-state index contributed by atoms with van der Waals surface area (Å²) < 4.78 is 5.82. The molecule has 0 aromatic heterocycles. The van der Waals surface area contributed by atoms with E-state index >= 15 is 0 Å². The minimum absolute atomic E-state index is 0.0646. The zero-order valence-electron chi connectivity index (χ0n) is 42.5. The van der Waals surface area contributed by atoms with Crippen molar-refractivity contribution in [3.63, 3.8) is 0 Å². The van der Waals surface area contributed by atoms with Crippen LogP contribution >= 0.6 is 0 Å². The van der Waals surface area contributed by atoms with Crippen molar-refractivity contribution in [1.82, 2.24) is 5.32 Å². The third kappa shape index (κ3) is 46.8. The zero-order chi connectivity index (χ0) is 48.1. The van der Waals surface area contributed by atoms with Crippen LogP contribution in [0.5, 0.6) is 0 Å². The summed E-state index contributed by atoms with van der Waals surface area (Å²) in [5.41, 5.74) is 0. The predicted molar refractivity (Wildman–Crippen MR) is 286 cm³/mol. The van der Waals surface area contributed by atoms with E-state index in [1.165, 1.54) is 77.0 Å². The number of aliphatic hydroxyl groups is 2. The van der Waals surface area contributed by atoms with Crippen molar-refractivity contribution in [3.8, 4) is 0 Å². The molecule has 0 fully saturated rings. The Morgan fingerprint density at radius 3 is 1.39 bits per heavy atom. The molecule has 0 rings (SSSR count). The number of rotatable bonds is 46. The topological polar surface area (TPSA) is 95.9 Å². The Morgan fingerprint density at radius 2 is 0.894 bits per heavy atom. The number of nitrogens with one attached hydrogen (secondary N) is 1. The Bertz CT molecular complexity index is 1390. The lowest BCUT2D eigenvalue weighted by Crippen LogP contribution is -2.46. The summed E-state index contributed by atoms with van der Waals surface area (Å²) in [4.78, 5) is 26.1. The van der Waals surface area contributed by atoms with Gasteiger partial charge in [0.25, 0.3) is 0 Å². The van der Waals surface area contributed by atoms with Crippen LogP contribution in [0.15, 0.2) is 122 Å². The van der Waals surface area contributed by atoms with Gasteiger partial charge in [0.15, 0.2) is 0 Å². The van der Waals surface area contributed by atoms with Gasteiger partial charge in [-0.05, 0) is 83.1 Å². The van der Waals surface area contributed by atoms with Gasteiger partial charge in [-0.15, -0.1) is 0 Å². The Morgan fingerprint density at radius 1 is 0.485 bits per heavy atom. The quantitative estimate of drug-likeness (QED) is 0.0245. The molecule has 6 heteroatoms. The highest BCUT2D eigenvalue weighted by atomic mass is 16.5. The monoisotopic (exact) mass is 914 g/mol. The lowest BCUT2D eigenvalue weighted by atomic mass is 10.0. The van der Waals surface area contributed by atoms with E-state index < -0.39 is 18.2 Å². The highest BCUT2D eigenvalue weighted by Gasteiger charge is 2.23. The number of hydrogen-bond acceptors (Lipinski definition) is 5. The van der Waals surface area contributed by atoms with Gasteiger partial charge in [-0.1, -0.05) is 245 Å². The average molecular weight is 914 g/mol. The maximum atomic E-state index is 13.2. The van der Waals surface area contributed by atoms with Crippen LogP contribution < -0.4 is 5.32 Å². The lowest BCUT2D eigenvalue weighted by molar-refractivity contribution is -0.148. The number of carbonyl (C=O) groups excluding carboxylic acids is 2. The maximum Gasteiger partial charge on any atom is 0.306 e. The summed E-state index contributed by atoms with van der Waals surface area (Å²) >= 11 is 0. The summed E-state index contributed by atoms with van der Waals surface area (Å²) in [6.45, 7) is 6.28. The molecule has 0 spiro atoms. The first-order valence-electron chi connectivity index (χ1n) is 26.8. The molecule has 0 saturated carbocycles. The molecule has 66 heavy (non-hydrogen) atoms. The van der Waals surface area contributed by atoms with Crippen molar-refractivity contribution < 1.29 is 24.5 Å². The van der Waals surface area contributed by atoms with Gasteiger partial charge in [0.1, 0.15) is 6.10 Å². The molecule has 6 nitrogen and oxygen atoms in total. The molecule has 0 aliphatic heterocycles. The van der Waals surface area contributed by atoms with E-state index in [-0.39, 0.29) is 24.9 Å². The second kappa shape index (κ2) is 52.2. The number of esters is 1. The van der Waals surface area contributed by atoms with Crippen LogP contribution in [0.3, 0.4) is 0 Å². The van der Waals surface area contributed by atoms with Gasteiger partial charge in [0, 0.05) is 6.42 Å². The molecule has 0 heterocycles. The summed E-state index contributed by atoms with van der Waals surface area (Å²) in [6.07, 6.45) is 72.8. The van der Waals surface area contributed by atoms with Crippen LogP contribution in [-0.4, -0.2) is 46.9 Å². The Labute approximate surface area is 406 Å². The first-order valence-corrected chi connectivity index (χ1v) is 26.8. The number of ether oxygens (including phenoxy) is 1. The van der Waals surface area contributed by atoms with E-state index in [4.69, 9.17) is 4.74 Å². The standard InChI is InChI=1S/C60H99NO5/c1-4-7-10-13-16-19-22-25-27-29-31-33-35-38-41-44-47-50-53-60(65)66-56(51-48-45-42-39-36-34-32-30-28-26-23-20-17-14-11-8-5-2)54-59(64)61-57(55-62)58(63)52-49-46-43-40-37-24-21-18-15-12-9-6-3/h8,11,16-17,19-20,22,25-29,31-34,39,42,48,51,56-58,62-63H,4-7,9-10,12-15,18,21,23-24,30,35-38,40-41,43-47,49-50,52-55H2,1-3H3,(H,61,64)/b11-8-,19-16+,20-17-,25-22+,28-26-,29-27+,33-31+,34-32-,42-39-,51-48-. The van der Waals surface area contributed by atoms with Crippen LogP contribution in [0.25, 0.3) is 0 Å². The first kappa shape index (κ1) is 62.3. The zero-order valence-corrected chi connectivity index (χ0v) is 42.5. The van der Waals surface area contributed by atoms with Crippen molar-refractivity contribution in [3.05, 3.63) is 122 Å². The molecule has 3 unspecified atom stereocenters. The summed E-state index contributed by atoms with van der Waals surface area (Å²) in [6, 6.07) is -0.756. The average Bonchev–Trinajstić information content (AvgIpc) is 3.31. The van der Waals surface area contributed by atoms with Gasteiger partial charge in [-0.25, -0.2) is 0 Å². The highest BCUT2D eigenvalue weighted by Crippen LogP contribution is 2.15. The SMILES string of the molecule is CC/C=C\C/C=C\C/C=C\C/C=C\C/C=C\C/C=C\C(CC(=O)NC(CO)C(O)CCCCCCCCCCCCCC)OC(=O)CCCCCCC/C=C/C=C/C=C/C=C/CCCCC. The molecule has 3 N–H and O–H groups in total. The van der Waals surface area contributed by atoms with Crippen molar-refractivity contribution >= 4 is 11.9 Å². The fourth-order valence-electron chi connectivity index (χ4n) is 7.32. The fourth-order valence-corrected chi connectivity index (χ4v) is 7.32. The summed E-state index contributed by atoms with van der Waals surface area (Å²) in [7, 11) is 0. The number of carbonyl (C=O) groups is 2. The molecule has 0 saturated heterocycles. The fraction of sp³-hybridized carbons (Fsp3) is 0.633. The van der Waals surface area contributed by atoms with Crippen LogP contribution in [0, 0.1) is 0 Å². The van der Waals surface area contributed by atoms with Gasteiger partial charge in [0.05, 0.1) is 25.2 Å². The largest absolute Gasteiger partial charge is 0.458 e. The van der Waals surface area contributed by atoms with Gasteiger partial charge < -0.3 is 20.3 Å². The number of allylic oxidation sites excluding steroid dienone is 19. The van der Waals surface area contributed by atoms with Gasteiger partial charge in [-0.3, -0.25) is 9.59 Å². The molecule has 0 aliphatic carbocycles. The third-order valence-electron chi connectivity index (χ3n) is 11.4. The lowest BCUT2D eigenvalue weighted by Gasteiger charge is -2.23. The normalized spacial score (nSPS) is 14.2. The van der Waals surface area contributed by atoms with Gasteiger partial charge in [0.2, 0.25) is 5.91 Å².